The number of ketones is 1. The van der Waals surface area contributed by atoms with Crippen LogP contribution in [0.25, 0.3) is 0 Å². The van der Waals surface area contributed by atoms with Gasteiger partial charge in [0.15, 0.2) is 5.78 Å². The van der Waals surface area contributed by atoms with Gasteiger partial charge in [-0.1, -0.05) is 0 Å². The van der Waals surface area contributed by atoms with E-state index in [1.165, 1.54) is 12.1 Å². The average molecular weight is 246 g/mol. The van der Waals surface area contributed by atoms with Crippen LogP contribution in [0.1, 0.15) is 25.7 Å². The first-order valence-corrected chi connectivity index (χ1v) is 5.90. The monoisotopic (exact) mass is 246 g/mol. The molecule has 1 aromatic carbocycles. The Morgan fingerprint density at radius 1 is 1.17 bits per heavy atom. The summed E-state index contributed by atoms with van der Waals surface area (Å²) >= 11 is 0. The van der Waals surface area contributed by atoms with Crippen molar-refractivity contribution in [3.05, 3.63) is 46.2 Å². The van der Waals surface area contributed by atoms with Gasteiger partial charge in [-0.05, 0) is 31.4 Å². The minimum absolute atomic E-state index is 0.0574. The summed E-state index contributed by atoms with van der Waals surface area (Å²) in [4.78, 5) is 21.6. The Labute approximate surface area is 105 Å². The lowest BCUT2D eigenvalue weighted by Crippen LogP contribution is -2.09. The van der Waals surface area contributed by atoms with E-state index < -0.39 is 4.92 Å². The van der Waals surface area contributed by atoms with Crippen molar-refractivity contribution in [3.63, 3.8) is 0 Å². The summed E-state index contributed by atoms with van der Waals surface area (Å²) < 4.78 is 0. The molecule has 1 aliphatic carbocycles. The van der Waals surface area contributed by atoms with Gasteiger partial charge in [-0.15, -0.1) is 0 Å². The zero-order chi connectivity index (χ0) is 13.0. The van der Waals surface area contributed by atoms with Crippen molar-refractivity contribution in [1.82, 2.24) is 0 Å². The maximum absolute atomic E-state index is 11.6. The van der Waals surface area contributed by atoms with Crippen molar-refractivity contribution in [1.29, 1.82) is 0 Å². The summed E-state index contributed by atoms with van der Waals surface area (Å²) in [7, 11) is 0. The van der Waals surface area contributed by atoms with Crippen molar-refractivity contribution >= 4 is 17.2 Å². The van der Waals surface area contributed by atoms with Crippen LogP contribution < -0.4 is 5.32 Å². The summed E-state index contributed by atoms with van der Waals surface area (Å²) in [6.07, 6.45) is 5.14. The predicted molar refractivity (Wildman–Crippen MR) is 68.3 cm³/mol. The fraction of sp³-hybridized carbons (Fsp3) is 0.308. The first-order valence-electron chi connectivity index (χ1n) is 5.90. The molecule has 1 aromatic rings. The van der Waals surface area contributed by atoms with E-state index in [9.17, 15) is 14.9 Å². The molecule has 0 atom stereocenters. The number of carbonyl (C=O) groups excluding carboxylic acids is 1. The number of carbonyl (C=O) groups is 1. The number of nitro groups is 1. The highest BCUT2D eigenvalue weighted by Crippen LogP contribution is 2.20. The van der Waals surface area contributed by atoms with Crippen molar-refractivity contribution in [3.8, 4) is 0 Å². The molecule has 0 heterocycles. The SMILES string of the molecule is O=C1CCCC/C1=C/Nc1ccc([N+](=O)[O-])cc1. The molecule has 0 radical (unpaired) electrons. The second-order valence-electron chi connectivity index (χ2n) is 4.25. The molecule has 5 heteroatoms. The average Bonchev–Trinajstić information content (AvgIpc) is 2.38. The Morgan fingerprint density at radius 3 is 2.44 bits per heavy atom. The number of non-ortho nitro benzene ring substituents is 1. The van der Waals surface area contributed by atoms with Gasteiger partial charge in [-0.2, -0.15) is 0 Å². The summed E-state index contributed by atoms with van der Waals surface area (Å²) in [5, 5.41) is 13.5. The lowest BCUT2D eigenvalue weighted by atomic mass is 9.94. The number of benzene rings is 1. The molecule has 94 valence electrons. The Balaban J connectivity index is 2.03. The van der Waals surface area contributed by atoms with Crippen LogP contribution in [0.4, 0.5) is 11.4 Å². The molecule has 18 heavy (non-hydrogen) atoms. The molecule has 1 saturated carbocycles. The molecule has 2 rings (SSSR count). The van der Waals surface area contributed by atoms with Gasteiger partial charge >= 0.3 is 0 Å². The molecule has 0 aromatic heterocycles. The molecular weight excluding hydrogens is 232 g/mol. The number of hydrogen-bond acceptors (Lipinski definition) is 4. The van der Waals surface area contributed by atoms with Crippen LogP contribution in [-0.2, 0) is 4.79 Å². The number of Topliss-reactive ketones (excluding diaryl/α,β-unsaturated/α-hetero) is 1. The molecule has 0 saturated heterocycles. The molecule has 0 aliphatic heterocycles. The first kappa shape index (κ1) is 12.3. The van der Waals surface area contributed by atoms with E-state index in [4.69, 9.17) is 0 Å². The molecule has 1 N–H and O–H groups in total. The third-order valence-electron chi connectivity index (χ3n) is 2.95. The Kier molecular flexibility index (Phi) is 3.72. The molecule has 0 amide bonds. The van der Waals surface area contributed by atoms with Crippen molar-refractivity contribution in [2.24, 2.45) is 0 Å². The van der Waals surface area contributed by atoms with Crippen LogP contribution in [-0.4, -0.2) is 10.7 Å². The molecule has 0 unspecified atom stereocenters. The van der Waals surface area contributed by atoms with Crippen LogP contribution >= 0.6 is 0 Å². The minimum atomic E-state index is -0.438. The molecule has 1 fully saturated rings. The van der Waals surface area contributed by atoms with Crippen LogP contribution in [0.15, 0.2) is 36.0 Å². The normalized spacial score (nSPS) is 17.8. The van der Waals surface area contributed by atoms with Gasteiger partial charge < -0.3 is 5.32 Å². The summed E-state index contributed by atoms with van der Waals surface area (Å²) in [6.45, 7) is 0. The second-order valence-corrected chi connectivity index (χ2v) is 4.25. The fourth-order valence-corrected chi connectivity index (χ4v) is 1.90. The van der Waals surface area contributed by atoms with Crippen LogP contribution in [0, 0.1) is 10.1 Å². The second kappa shape index (κ2) is 5.44. The van der Waals surface area contributed by atoms with E-state index in [1.54, 1.807) is 18.3 Å². The van der Waals surface area contributed by atoms with E-state index in [0.717, 1.165) is 30.5 Å². The highest BCUT2D eigenvalue weighted by molar-refractivity contribution is 5.96. The number of allylic oxidation sites excluding steroid dienone is 1. The molecule has 0 spiro atoms. The zero-order valence-corrected chi connectivity index (χ0v) is 9.89. The van der Waals surface area contributed by atoms with Crippen molar-refractivity contribution in [2.45, 2.75) is 25.7 Å². The summed E-state index contributed by atoms with van der Waals surface area (Å²) in [5.74, 6) is 0.190. The van der Waals surface area contributed by atoms with E-state index in [-0.39, 0.29) is 11.5 Å². The Bertz CT molecular complexity index is 491. The number of rotatable bonds is 3. The quantitative estimate of drug-likeness (QED) is 0.505. The maximum Gasteiger partial charge on any atom is 0.269 e. The van der Waals surface area contributed by atoms with Crippen LogP contribution in [0.5, 0.6) is 0 Å². The number of nitrogens with zero attached hydrogens (tertiary/aromatic N) is 1. The predicted octanol–water partition coefficient (Wildman–Crippen LogP) is 3.03. The molecule has 5 nitrogen and oxygen atoms in total. The fourth-order valence-electron chi connectivity index (χ4n) is 1.90. The number of anilines is 1. The highest BCUT2D eigenvalue weighted by atomic mass is 16.6. The van der Waals surface area contributed by atoms with Crippen LogP contribution in [0.3, 0.4) is 0 Å². The number of nitro benzene ring substituents is 1. The summed E-state index contributed by atoms with van der Waals surface area (Å²) in [6, 6.07) is 6.12. The number of nitrogens with one attached hydrogen (secondary N) is 1. The molecule has 0 bridgehead atoms. The van der Waals surface area contributed by atoms with Gasteiger partial charge in [-0.3, -0.25) is 14.9 Å². The zero-order valence-electron chi connectivity index (χ0n) is 9.89. The van der Waals surface area contributed by atoms with Gasteiger partial charge in [0.25, 0.3) is 5.69 Å². The third kappa shape index (κ3) is 2.94. The van der Waals surface area contributed by atoms with Crippen LogP contribution in [0.2, 0.25) is 0 Å². The lowest BCUT2D eigenvalue weighted by Gasteiger charge is -2.12. The molecular formula is C13H14N2O3. The molecule has 1 aliphatic rings. The van der Waals surface area contributed by atoms with Crippen molar-refractivity contribution in [2.75, 3.05) is 5.32 Å². The van der Waals surface area contributed by atoms with E-state index in [0.29, 0.717) is 6.42 Å². The van der Waals surface area contributed by atoms with Crippen molar-refractivity contribution < 1.29 is 9.72 Å². The lowest BCUT2D eigenvalue weighted by molar-refractivity contribution is -0.384. The minimum Gasteiger partial charge on any atom is -0.361 e. The largest absolute Gasteiger partial charge is 0.361 e. The number of hydrogen-bond donors (Lipinski definition) is 1. The topological polar surface area (TPSA) is 72.2 Å². The standard InChI is InChI=1S/C13H14N2O3/c16-13-4-2-1-3-10(13)9-14-11-5-7-12(8-6-11)15(17)18/h5-9,14H,1-4H2/b10-9-. The van der Waals surface area contributed by atoms with Gasteiger partial charge in [0.2, 0.25) is 0 Å². The highest BCUT2D eigenvalue weighted by Gasteiger charge is 2.14. The first-order chi connectivity index (χ1) is 8.66. The van der Waals surface area contributed by atoms with Gasteiger partial charge in [0.1, 0.15) is 0 Å². The maximum atomic E-state index is 11.6. The van der Waals surface area contributed by atoms with Gasteiger partial charge in [0.05, 0.1) is 4.92 Å². The van der Waals surface area contributed by atoms with E-state index >= 15 is 0 Å². The Morgan fingerprint density at radius 2 is 1.83 bits per heavy atom. The summed E-state index contributed by atoms with van der Waals surface area (Å²) in [5.41, 5.74) is 1.60. The third-order valence-corrected chi connectivity index (χ3v) is 2.95. The Hall–Kier alpha value is -2.17. The van der Waals surface area contributed by atoms with E-state index in [1.807, 2.05) is 0 Å². The van der Waals surface area contributed by atoms with E-state index in [2.05, 4.69) is 5.32 Å². The smallest absolute Gasteiger partial charge is 0.269 e. The van der Waals surface area contributed by atoms with Gasteiger partial charge in [-0.25, -0.2) is 0 Å². The van der Waals surface area contributed by atoms with Gasteiger partial charge in [0, 0.05) is 36.0 Å².